The predicted molar refractivity (Wildman–Crippen MR) is 99.9 cm³/mol. The molecule has 1 aromatic heterocycles. The molecule has 2 aromatic rings. The second-order valence-electron chi connectivity index (χ2n) is 5.93. The van der Waals surface area contributed by atoms with Gasteiger partial charge in [0.15, 0.2) is 0 Å². The third-order valence-electron chi connectivity index (χ3n) is 4.31. The first kappa shape index (κ1) is 17.5. The van der Waals surface area contributed by atoms with Crippen LogP contribution in [0.4, 0.5) is 5.00 Å². The van der Waals surface area contributed by atoms with E-state index in [-0.39, 0.29) is 11.8 Å². The van der Waals surface area contributed by atoms with E-state index in [0.717, 1.165) is 31.2 Å². The van der Waals surface area contributed by atoms with E-state index >= 15 is 0 Å². The van der Waals surface area contributed by atoms with Crippen molar-refractivity contribution in [2.24, 2.45) is 0 Å². The Morgan fingerprint density at radius 2 is 1.92 bits per heavy atom. The highest BCUT2D eigenvalue weighted by molar-refractivity contribution is 7.17. The molecule has 2 N–H and O–H groups in total. The topological polar surface area (TPSA) is 67.4 Å². The van der Waals surface area contributed by atoms with Gasteiger partial charge in [0.05, 0.1) is 18.2 Å². The molecule has 0 spiro atoms. The lowest BCUT2D eigenvalue weighted by Gasteiger charge is -2.13. The zero-order chi connectivity index (χ0) is 17.8. The van der Waals surface area contributed by atoms with Crippen LogP contribution in [0.5, 0.6) is 5.75 Å². The molecule has 0 saturated carbocycles. The number of carbonyl (C=O) groups is 2. The van der Waals surface area contributed by atoms with Crippen LogP contribution in [0.15, 0.2) is 24.3 Å². The molecular weight excluding hydrogens is 336 g/mol. The number of methoxy groups -OCH3 is 1. The summed E-state index contributed by atoms with van der Waals surface area (Å²) in [6.45, 7) is 2.45. The maximum atomic E-state index is 12.7. The summed E-state index contributed by atoms with van der Waals surface area (Å²) in [6.07, 6.45) is 4.07. The Balaban J connectivity index is 1.95. The minimum Gasteiger partial charge on any atom is -0.496 e. The van der Waals surface area contributed by atoms with Gasteiger partial charge in [-0.15, -0.1) is 11.3 Å². The first-order valence-corrected chi connectivity index (χ1v) is 9.34. The number of fused-ring (bicyclic) bond motifs is 1. The van der Waals surface area contributed by atoms with Gasteiger partial charge in [0.2, 0.25) is 0 Å². The second kappa shape index (κ2) is 7.70. The van der Waals surface area contributed by atoms with Gasteiger partial charge in [-0.05, 0) is 50.3 Å². The first-order chi connectivity index (χ1) is 12.2. The van der Waals surface area contributed by atoms with Crippen molar-refractivity contribution in [3.05, 3.63) is 45.8 Å². The van der Waals surface area contributed by atoms with Gasteiger partial charge in [-0.3, -0.25) is 9.59 Å². The maximum absolute atomic E-state index is 12.7. The number of anilines is 1. The van der Waals surface area contributed by atoms with Crippen molar-refractivity contribution in [1.29, 1.82) is 0 Å². The quantitative estimate of drug-likeness (QED) is 0.857. The molecule has 25 heavy (non-hydrogen) atoms. The van der Waals surface area contributed by atoms with E-state index in [1.165, 1.54) is 23.3 Å². The van der Waals surface area contributed by atoms with Crippen LogP contribution in [0.2, 0.25) is 0 Å². The molecule has 1 aromatic carbocycles. The van der Waals surface area contributed by atoms with Crippen molar-refractivity contribution in [1.82, 2.24) is 5.32 Å². The molecule has 0 bridgehead atoms. The molecule has 0 radical (unpaired) electrons. The number of para-hydroxylation sites is 1. The van der Waals surface area contributed by atoms with Gasteiger partial charge in [0, 0.05) is 11.4 Å². The molecule has 0 fully saturated rings. The predicted octanol–water partition coefficient (Wildman–Crippen LogP) is 3.64. The molecule has 0 aliphatic heterocycles. The summed E-state index contributed by atoms with van der Waals surface area (Å²) < 4.78 is 5.26. The van der Waals surface area contributed by atoms with Gasteiger partial charge in [-0.25, -0.2) is 0 Å². The molecule has 5 nitrogen and oxygen atoms in total. The van der Waals surface area contributed by atoms with Crippen molar-refractivity contribution in [2.45, 2.75) is 32.6 Å². The van der Waals surface area contributed by atoms with E-state index in [9.17, 15) is 9.59 Å². The summed E-state index contributed by atoms with van der Waals surface area (Å²) in [4.78, 5) is 26.5. The number of benzene rings is 1. The summed E-state index contributed by atoms with van der Waals surface area (Å²) in [5.41, 5.74) is 2.18. The fraction of sp³-hybridized carbons (Fsp3) is 0.368. The van der Waals surface area contributed by atoms with Crippen molar-refractivity contribution in [3.8, 4) is 5.75 Å². The lowest BCUT2D eigenvalue weighted by Crippen LogP contribution is -2.25. The summed E-state index contributed by atoms with van der Waals surface area (Å²) >= 11 is 1.52. The number of rotatable bonds is 5. The largest absolute Gasteiger partial charge is 0.496 e. The molecule has 2 amide bonds. The van der Waals surface area contributed by atoms with E-state index in [1.54, 1.807) is 18.2 Å². The van der Waals surface area contributed by atoms with Crippen molar-refractivity contribution in [3.63, 3.8) is 0 Å². The Hall–Kier alpha value is -2.34. The number of nitrogens with one attached hydrogen (secondary N) is 2. The van der Waals surface area contributed by atoms with Crippen LogP contribution >= 0.6 is 11.3 Å². The summed E-state index contributed by atoms with van der Waals surface area (Å²) in [6, 6.07) is 7.08. The summed E-state index contributed by atoms with van der Waals surface area (Å²) in [7, 11) is 1.54. The van der Waals surface area contributed by atoms with E-state index in [1.807, 2.05) is 13.0 Å². The van der Waals surface area contributed by atoms with Crippen LogP contribution < -0.4 is 15.4 Å². The Morgan fingerprint density at radius 3 is 2.68 bits per heavy atom. The van der Waals surface area contributed by atoms with E-state index < -0.39 is 0 Å². The number of thiophene rings is 1. The van der Waals surface area contributed by atoms with Crippen molar-refractivity contribution >= 4 is 28.2 Å². The fourth-order valence-corrected chi connectivity index (χ4v) is 4.43. The van der Waals surface area contributed by atoms with E-state index in [4.69, 9.17) is 4.74 Å². The number of amides is 2. The van der Waals surface area contributed by atoms with Gasteiger partial charge < -0.3 is 15.4 Å². The lowest BCUT2D eigenvalue weighted by molar-refractivity contribution is 0.0956. The lowest BCUT2D eigenvalue weighted by atomic mass is 9.95. The Kier molecular flexibility index (Phi) is 5.38. The third-order valence-corrected chi connectivity index (χ3v) is 5.52. The number of ether oxygens (including phenoxy) is 1. The molecular formula is C19H22N2O3S. The Bertz CT molecular complexity index is 798. The highest BCUT2D eigenvalue weighted by atomic mass is 32.1. The van der Waals surface area contributed by atoms with Crippen LogP contribution in [0.25, 0.3) is 0 Å². The number of carbonyl (C=O) groups excluding carboxylic acids is 2. The zero-order valence-corrected chi connectivity index (χ0v) is 15.3. The second-order valence-corrected chi connectivity index (χ2v) is 7.03. The molecule has 6 heteroatoms. The normalized spacial score (nSPS) is 13.0. The van der Waals surface area contributed by atoms with Crippen LogP contribution in [0.1, 0.15) is 50.9 Å². The van der Waals surface area contributed by atoms with E-state index in [2.05, 4.69) is 10.6 Å². The van der Waals surface area contributed by atoms with Gasteiger partial charge in [0.1, 0.15) is 10.8 Å². The Labute approximate surface area is 151 Å². The zero-order valence-electron chi connectivity index (χ0n) is 14.5. The van der Waals surface area contributed by atoms with Crippen LogP contribution in [-0.2, 0) is 12.8 Å². The molecule has 1 aliphatic rings. The highest BCUT2D eigenvalue weighted by Gasteiger charge is 2.26. The molecule has 1 heterocycles. The standard InChI is InChI=1S/C19H22N2O3S/c1-3-20-18(23)16-13-9-5-7-11-15(13)25-19(16)21-17(22)12-8-4-6-10-14(12)24-2/h4,6,8,10H,3,5,7,9,11H2,1-2H3,(H,20,23)(H,21,22). The maximum Gasteiger partial charge on any atom is 0.260 e. The Morgan fingerprint density at radius 1 is 1.16 bits per heavy atom. The van der Waals surface area contributed by atoms with Gasteiger partial charge >= 0.3 is 0 Å². The fourth-order valence-electron chi connectivity index (χ4n) is 3.15. The van der Waals surface area contributed by atoms with Gasteiger partial charge in [0.25, 0.3) is 11.8 Å². The molecule has 0 unspecified atom stereocenters. The molecule has 0 saturated heterocycles. The van der Waals surface area contributed by atoms with Gasteiger partial charge in [-0.1, -0.05) is 12.1 Å². The minimum atomic E-state index is -0.262. The van der Waals surface area contributed by atoms with Gasteiger partial charge in [-0.2, -0.15) is 0 Å². The average Bonchev–Trinajstić information content (AvgIpc) is 2.99. The van der Waals surface area contributed by atoms with Crippen molar-refractivity contribution in [2.75, 3.05) is 19.0 Å². The monoisotopic (exact) mass is 358 g/mol. The average molecular weight is 358 g/mol. The molecule has 3 rings (SSSR count). The summed E-state index contributed by atoms with van der Waals surface area (Å²) in [5.74, 6) is 0.139. The number of hydrogen-bond acceptors (Lipinski definition) is 4. The first-order valence-electron chi connectivity index (χ1n) is 8.52. The van der Waals surface area contributed by atoms with Crippen molar-refractivity contribution < 1.29 is 14.3 Å². The molecule has 1 aliphatic carbocycles. The number of hydrogen-bond donors (Lipinski definition) is 2. The molecule has 132 valence electrons. The third kappa shape index (κ3) is 3.54. The number of aryl methyl sites for hydroxylation is 1. The van der Waals surface area contributed by atoms with Crippen LogP contribution in [0.3, 0.4) is 0 Å². The smallest absolute Gasteiger partial charge is 0.260 e. The van der Waals surface area contributed by atoms with E-state index in [0.29, 0.717) is 28.4 Å². The minimum absolute atomic E-state index is 0.114. The summed E-state index contributed by atoms with van der Waals surface area (Å²) in [5, 5.41) is 6.44. The highest BCUT2D eigenvalue weighted by Crippen LogP contribution is 2.38. The molecule has 0 atom stereocenters. The van der Waals surface area contributed by atoms with Crippen LogP contribution in [0, 0.1) is 0 Å². The van der Waals surface area contributed by atoms with Crippen LogP contribution in [-0.4, -0.2) is 25.5 Å². The SMILES string of the molecule is CCNC(=O)c1c(NC(=O)c2ccccc2OC)sc2c1CCCC2.